The van der Waals surface area contributed by atoms with Gasteiger partial charge in [0.05, 0.1) is 6.07 Å². The number of carbonyl (C=O) groups is 2. The number of amides is 2. The van der Waals surface area contributed by atoms with Crippen molar-refractivity contribution in [3.8, 4) is 6.07 Å². The van der Waals surface area contributed by atoms with E-state index in [1.165, 1.54) is 0 Å². The highest BCUT2D eigenvalue weighted by Crippen LogP contribution is 2.27. The molecule has 0 aromatic heterocycles. The van der Waals surface area contributed by atoms with Gasteiger partial charge < -0.3 is 5.32 Å². The highest BCUT2D eigenvalue weighted by molar-refractivity contribution is 6.39. The maximum atomic E-state index is 12.0. The predicted octanol–water partition coefficient (Wildman–Crippen LogP) is 0.595. The molecule has 0 saturated heterocycles. The van der Waals surface area contributed by atoms with E-state index in [0.717, 1.165) is 19.3 Å². The van der Waals surface area contributed by atoms with Crippen LogP contribution >= 0.6 is 0 Å². The van der Waals surface area contributed by atoms with Gasteiger partial charge in [-0.1, -0.05) is 19.3 Å². The van der Waals surface area contributed by atoms with E-state index < -0.39 is 5.54 Å². The Morgan fingerprint density at radius 1 is 1.33 bits per heavy atom. The van der Waals surface area contributed by atoms with Crippen LogP contribution in [0.2, 0.25) is 0 Å². The zero-order chi connectivity index (χ0) is 13.0. The molecule has 96 valence electrons. The topological polar surface area (TPSA) is 94.3 Å². The van der Waals surface area contributed by atoms with Crippen LogP contribution in [0.3, 0.4) is 0 Å². The summed E-state index contributed by atoms with van der Waals surface area (Å²) in [7, 11) is 0. The third-order valence-corrected chi connectivity index (χ3v) is 3.44. The maximum absolute atomic E-state index is 12.0. The normalized spacial score (nSPS) is 22.4. The Hall–Kier alpha value is -1.90. The number of nitrogens with one attached hydrogen (secondary N) is 2. The first-order valence-corrected chi connectivity index (χ1v) is 6.24. The first kappa shape index (κ1) is 12.6. The first-order valence-electron chi connectivity index (χ1n) is 6.24. The number of nitrogens with zero attached hydrogens (tertiary/aromatic N) is 2. The molecule has 2 amide bonds. The number of hydrogen-bond acceptors (Lipinski definition) is 4. The quantitative estimate of drug-likeness (QED) is 0.749. The smallest absolute Gasteiger partial charge is 0.268 e. The van der Waals surface area contributed by atoms with Crippen molar-refractivity contribution in [2.45, 2.75) is 50.5 Å². The highest BCUT2D eigenvalue weighted by Gasteiger charge is 2.35. The van der Waals surface area contributed by atoms with Crippen molar-refractivity contribution in [3.05, 3.63) is 0 Å². The summed E-state index contributed by atoms with van der Waals surface area (Å²) in [6.07, 6.45) is 5.00. The summed E-state index contributed by atoms with van der Waals surface area (Å²) in [5.41, 5.74) is 1.84. The van der Waals surface area contributed by atoms with Gasteiger partial charge in [-0.3, -0.25) is 9.59 Å². The summed E-state index contributed by atoms with van der Waals surface area (Å²) in [6.45, 7) is 0. The van der Waals surface area contributed by atoms with Crippen molar-refractivity contribution in [1.29, 1.82) is 5.26 Å². The van der Waals surface area contributed by atoms with Gasteiger partial charge in [-0.05, 0) is 12.8 Å². The van der Waals surface area contributed by atoms with Gasteiger partial charge in [-0.15, -0.1) is 0 Å². The Balaban J connectivity index is 2.02. The molecule has 2 N–H and O–H groups in total. The van der Waals surface area contributed by atoms with Gasteiger partial charge in [0.2, 0.25) is 5.91 Å². The predicted molar refractivity (Wildman–Crippen MR) is 64.4 cm³/mol. The third kappa shape index (κ3) is 2.67. The van der Waals surface area contributed by atoms with Crippen LogP contribution in [-0.4, -0.2) is 23.1 Å². The molecule has 0 spiro atoms. The molecule has 0 unspecified atom stereocenters. The molecule has 2 aliphatic rings. The highest BCUT2D eigenvalue weighted by atomic mass is 16.2. The second-order valence-corrected chi connectivity index (χ2v) is 4.80. The molecule has 0 atom stereocenters. The van der Waals surface area contributed by atoms with Gasteiger partial charge in [0.1, 0.15) is 11.3 Å². The Kier molecular flexibility index (Phi) is 3.60. The zero-order valence-corrected chi connectivity index (χ0v) is 10.2. The van der Waals surface area contributed by atoms with Crippen LogP contribution in [0, 0.1) is 11.3 Å². The summed E-state index contributed by atoms with van der Waals surface area (Å²) in [6, 6.07) is 2.22. The van der Waals surface area contributed by atoms with Crippen LogP contribution < -0.4 is 10.7 Å². The maximum Gasteiger partial charge on any atom is 0.268 e. The van der Waals surface area contributed by atoms with Crippen molar-refractivity contribution in [1.82, 2.24) is 10.7 Å². The molecule has 18 heavy (non-hydrogen) atoms. The van der Waals surface area contributed by atoms with E-state index >= 15 is 0 Å². The SMILES string of the molecule is N#CC1(NC(=O)C2=NNC(=O)CC2)CCCCC1. The Labute approximate surface area is 105 Å². The van der Waals surface area contributed by atoms with Gasteiger partial charge in [-0.25, -0.2) is 5.43 Å². The minimum absolute atomic E-state index is 0.181. The first-order chi connectivity index (χ1) is 8.65. The van der Waals surface area contributed by atoms with E-state index in [2.05, 4.69) is 21.9 Å². The molecule has 6 nitrogen and oxygen atoms in total. The van der Waals surface area contributed by atoms with Crippen molar-refractivity contribution in [3.63, 3.8) is 0 Å². The summed E-state index contributed by atoms with van der Waals surface area (Å²) >= 11 is 0. The molecular weight excluding hydrogens is 232 g/mol. The minimum Gasteiger partial charge on any atom is -0.333 e. The summed E-state index contributed by atoms with van der Waals surface area (Å²) < 4.78 is 0. The van der Waals surface area contributed by atoms with Gasteiger partial charge >= 0.3 is 0 Å². The molecule has 0 radical (unpaired) electrons. The van der Waals surface area contributed by atoms with Gasteiger partial charge in [0, 0.05) is 12.8 Å². The molecule has 0 bridgehead atoms. The lowest BCUT2D eigenvalue weighted by Gasteiger charge is -2.31. The molecule has 1 saturated carbocycles. The van der Waals surface area contributed by atoms with Gasteiger partial charge in [-0.2, -0.15) is 10.4 Å². The molecule has 0 aromatic carbocycles. The number of nitriles is 1. The van der Waals surface area contributed by atoms with Crippen LogP contribution in [0.25, 0.3) is 0 Å². The summed E-state index contributed by atoms with van der Waals surface area (Å²) in [5, 5.41) is 15.8. The molecule has 2 rings (SSSR count). The fourth-order valence-corrected chi connectivity index (χ4v) is 2.35. The van der Waals surface area contributed by atoms with Crippen LogP contribution in [0.1, 0.15) is 44.9 Å². The Morgan fingerprint density at radius 2 is 2.06 bits per heavy atom. The molecule has 6 heteroatoms. The fraction of sp³-hybridized carbons (Fsp3) is 0.667. The molecular formula is C12H16N4O2. The monoisotopic (exact) mass is 248 g/mol. The largest absolute Gasteiger partial charge is 0.333 e. The van der Waals surface area contributed by atoms with Crippen molar-refractivity contribution in [2.75, 3.05) is 0 Å². The van der Waals surface area contributed by atoms with Gasteiger partial charge in [0.15, 0.2) is 0 Å². The second kappa shape index (κ2) is 5.17. The van der Waals surface area contributed by atoms with Crippen molar-refractivity contribution < 1.29 is 9.59 Å². The number of hydrogen-bond donors (Lipinski definition) is 2. The lowest BCUT2D eigenvalue weighted by Crippen LogP contribution is -2.51. The van der Waals surface area contributed by atoms with Crippen LogP contribution in [0.4, 0.5) is 0 Å². The van der Waals surface area contributed by atoms with E-state index in [1.54, 1.807) is 0 Å². The molecule has 1 aliphatic heterocycles. The molecule has 1 aliphatic carbocycles. The molecule has 1 fully saturated rings. The number of rotatable bonds is 2. The van der Waals surface area contributed by atoms with E-state index in [9.17, 15) is 14.9 Å². The lowest BCUT2D eigenvalue weighted by atomic mass is 9.82. The Bertz CT molecular complexity index is 430. The summed E-state index contributed by atoms with van der Waals surface area (Å²) in [4.78, 5) is 22.9. The van der Waals surface area contributed by atoms with Crippen molar-refractivity contribution in [2.24, 2.45) is 5.10 Å². The fourth-order valence-electron chi connectivity index (χ4n) is 2.35. The lowest BCUT2D eigenvalue weighted by molar-refractivity contribution is -0.121. The molecule has 1 heterocycles. The average Bonchev–Trinajstić information content (AvgIpc) is 2.40. The minimum atomic E-state index is -0.751. The number of carbonyl (C=O) groups excluding carboxylic acids is 2. The van der Waals surface area contributed by atoms with Crippen molar-refractivity contribution >= 4 is 17.5 Å². The van der Waals surface area contributed by atoms with Gasteiger partial charge in [0.25, 0.3) is 5.91 Å². The average molecular weight is 248 g/mol. The second-order valence-electron chi connectivity index (χ2n) is 4.80. The summed E-state index contributed by atoms with van der Waals surface area (Å²) in [5.74, 6) is -0.516. The van der Waals surface area contributed by atoms with Crippen LogP contribution in [0.15, 0.2) is 5.10 Å². The van der Waals surface area contributed by atoms with E-state index in [1.807, 2.05) is 0 Å². The number of hydrazone groups is 1. The van der Waals surface area contributed by atoms with E-state index in [-0.39, 0.29) is 18.2 Å². The van der Waals surface area contributed by atoms with E-state index in [4.69, 9.17) is 0 Å². The third-order valence-electron chi connectivity index (χ3n) is 3.44. The van der Waals surface area contributed by atoms with Crippen LogP contribution in [0.5, 0.6) is 0 Å². The van der Waals surface area contributed by atoms with Crippen LogP contribution in [-0.2, 0) is 9.59 Å². The van der Waals surface area contributed by atoms with E-state index in [0.29, 0.717) is 25.0 Å². The Morgan fingerprint density at radius 3 is 2.61 bits per heavy atom. The standard InChI is InChI=1S/C12H16N4O2/c13-8-12(6-2-1-3-7-12)14-11(18)9-4-5-10(17)16-15-9/h1-7H2,(H,14,18)(H,16,17). The molecule has 0 aromatic rings. The zero-order valence-electron chi connectivity index (χ0n) is 10.2.